The second-order valence-corrected chi connectivity index (χ2v) is 3.80. The Kier molecular flexibility index (Phi) is 3.48. The molecular formula is C12H8F4N2O. The van der Waals surface area contributed by atoms with E-state index in [0.29, 0.717) is 6.07 Å². The van der Waals surface area contributed by atoms with E-state index in [4.69, 9.17) is 0 Å². The van der Waals surface area contributed by atoms with Gasteiger partial charge in [-0.2, -0.15) is 13.2 Å². The van der Waals surface area contributed by atoms with E-state index in [0.717, 1.165) is 12.1 Å². The van der Waals surface area contributed by atoms with Crippen LogP contribution in [0.15, 0.2) is 36.9 Å². The first-order valence-corrected chi connectivity index (χ1v) is 5.19. The van der Waals surface area contributed by atoms with Gasteiger partial charge in [-0.3, -0.25) is 0 Å². The lowest BCUT2D eigenvalue weighted by Gasteiger charge is -2.17. The Morgan fingerprint density at radius 1 is 1.11 bits per heavy atom. The van der Waals surface area contributed by atoms with Gasteiger partial charge in [-0.05, 0) is 17.7 Å². The number of hydrogen-bond donors (Lipinski definition) is 1. The Labute approximate surface area is 105 Å². The first-order valence-electron chi connectivity index (χ1n) is 5.19. The number of rotatable bonds is 2. The van der Waals surface area contributed by atoms with Crippen LogP contribution in [0, 0.1) is 5.82 Å². The highest BCUT2D eigenvalue weighted by molar-refractivity contribution is 5.36. The zero-order chi connectivity index (χ0) is 14.0. The van der Waals surface area contributed by atoms with Crippen molar-refractivity contribution in [2.24, 2.45) is 0 Å². The first-order chi connectivity index (χ1) is 8.89. The molecule has 7 heteroatoms. The molecule has 1 atom stereocenters. The van der Waals surface area contributed by atoms with E-state index in [1.807, 2.05) is 0 Å². The number of benzene rings is 1. The summed E-state index contributed by atoms with van der Waals surface area (Å²) in [4.78, 5) is 7.23. The lowest BCUT2D eigenvalue weighted by molar-refractivity contribution is -0.139. The second-order valence-electron chi connectivity index (χ2n) is 3.80. The number of alkyl halides is 3. The third-order valence-corrected chi connectivity index (χ3v) is 2.51. The Balaban J connectivity index is 2.51. The van der Waals surface area contributed by atoms with Gasteiger partial charge in [0, 0.05) is 18.0 Å². The average Bonchev–Trinajstić information content (AvgIpc) is 2.38. The van der Waals surface area contributed by atoms with E-state index in [-0.39, 0.29) is 5.56 Å². The molecule has 100 valence electrons. The highest BCUT2D eigenvalue weighted by Gasteiger charge is 2.35. The molecule has 0 aliphatic carbocycles. The van der Waals surface area contributed by atoms with Crippen molar-refractivity contribution in [2.45, 2.75) is 12.3 Å². The normalized spacial score (nSPS) is 13.3. The number of aliphatic hydroxyl groups excluding tert-OH is 1. The van der Waals surface area contributed by atoms with Crippen molar-refractivity contribution in [1.29, 1.82) is 0 Å². The van der Waals surface area contributed by atoms with Crippen molar-refractivity contribution < 1.29 is 22.7 Å². The molecule has 0 amide bonds. The van der Waals surface area contributed by atoms with Crippen LogP contribution in [0.1, 0.15) is 22.8 Å². The predicted octanol–water partition coefficient (Wildman–Crippen LogP) is 2.72. The molecule has 1 aromatic heterocycles. The molecule has 2 rings (SSSR count). The molecule has 0 aliphatic rings. The van der Waals surface area contributed by atoms with Crippen molar-refractivity contribution in [3.63, 3.8) is 0 Å². The van der Waals surface area contributed by atoms with Gasteiger partial charge >= 0.3 is 6.18 Å². The summed E-state index contributed by atoms with van der Waals surface area (Å²) < 4.78 is 51.3. The molecule has 1 unspecified atom stereocenters. The summed E-state index contributed by atoms with van der Waals surface area (Å²) in [6, 6.07) is 2.11. The maximum Gasteiger partial charge on any atom is 0.416 e. The summed E-state index contributed by atoms with van der Waals surface area (Å²) in [6.45, 7) is 0. The zero-order valence-corrected chi connectivity index (χ0v) is 9.39. The lowest BCUT2D eigenvalue weighted by atomic mass is 9.98. The van der Waals surface area contributed by atoms with E-state index in [1.54, 1.807) is 0 Å². The molecule has 0 radical (unpaired) electrons. The largest absolute Gasteiger partial charge is 0.416 e. The minimum Gasteiger partial charge on any atom is -0.384 e. The van der Waals surface area contributed by atoms with Crippen molar-refractivity contribution in [3.8, 4) is 0 Å². The standard InChI is InChI=1S/C12H8F4N2O/c13-8-1-2-9(10(3-8)12(14,15)16)11(19)7-4-17-6-18-5-7/h1-6,11,19H. The topological polar surface area (TPSA) is 46.0 Å². The van der Waals surface area contributed by atoms with Gasteiger partial charge in [-0.15, -0.1) is 0 Å². The van der Waals surface area contributed by atoms with E-state index in [1.165, 1.54) is 18.7 Å². The van der Waals surface area contributed by atoms with Crippen molar-refractivity contribution in [2.75, 3.05) is 0 Å². The highest BCUT2D eigenvalue weighted by Crippen LogP contribution is 2.36. The fraction of sp³-hybridized carbons (Fsp3) is 0.167. The monoisotopic (exact) mass is 272 g/mol. The average molecular weight is 272 g/mol. The molecule has 0 bridgehead atoms. The van der Waals surface area contributed by atoms with Gasteiger partial charge in [0.2, 0.25) is 0 Å². The van der Waals surface area contributed by atoms with Crippen LogP contribution in [0.2, 0.25) is 0 Å². The number of aromatic nitrogens is 2. The van der Waals surface area contributed by atoms with Gasteiger partial charge in [0.05, 0.1) is 5.56 Å². The Bertz CT molecular complexity index is 572. The minimum atomic E-state index is -4.76. The number of nitrogens with zero attached hydrogens (tertiary/aromatic N) is 2. The van der Waals surface area contributed by atoms with Crippen molar-refractivity contribution in [1.82, 2.24) is 9.97 Å². The van der Waals surface area contributed by atoms with Gasteiger partial charge < -0.3 is 5.11 Å². The van der Waals surface area contributed by atoms with Crippen LogP contribution in [-0.2, 0) is 6.18 Å². The fourth-order valence-corrected chi connectivity index (χ4v) is 1.64. The molecule has 0 saturated heterocycles. The Morgan fingerprint density at radius 3 is 2.32 bits per heavy atom. The van der Waals surface area contributed by atoms with Gasteiger partial charge in [-0.25, -0.2) is 14.4 Å². The van der Waals surface area contributed by atoms with Crippen molar-refractivity contribution in [3.05, 3.63) is 59.4 Å². The molecule has 0 fully saturated rings. The summed E-state index contributed by atoms with van der Waals surface area (Å²) >= 11 is 0. The lowest BCUT2D eigenvalue weighted by Crippen LogP contribution is -2.13. The fourth-order valence-electron chi connectivity index (χ4n) is 1.64. The SMILES string of the molecule is OC(c1cncnc1)c1ccc(F)cc1C(F)(F)F. The first kappa shape index (κ1) is 13.4. The van der Waals surface area contributed by atoms with Crippen molar-refractivity contribution >= 4 is 0 Å². The molecule has 0 aliphatic heterocycles. The van der Waals surface area contributed by atoms with Crippen LogP contribution in [0.3, 0.4) is 0 Å². The molecule has 2 aromatic rings. The third-order valence-electron chi connectivity index (χ3n) is 2.51. The molecule has 1 aromatic carbocycles. The predicted molar refractivity (Wildman–Crippen MR) is 57.5 cm³/mol. The van der Waals surface area contributed by atoms with Crippen LogP contribution in [-0.4, -0.2) is 15.1 Å². The summed E-state index contributed by atoms with van der Waals surface area (Å²) in [5.41, 5.74) is -1.56. The van der Waals surface area contributed by atoms with Crippen LogP contribution >= 0.6 is 0 Å². The van der Waals surface area contributed by atoms with Crippen LogP contribution in [0.25, 0.3) is 0 Å². The van der Waals surface area contributed by atoms with Gasteiger partial charge in [-0.1, -0.05) is 6.07 Å². The maximum atomic E-state index is 12.9. The smallest absolute Gasteiger partial charge is 0.384 e. The van der Waals surface area contributed by atoms with Gasteiger partial charge in [0.15, 0.2) is 0 Å². The second kappa shape index (κ2) is 4.93. The summed E-state index contributed by atoms with van der Waals surface area (Å²) in [5.74, 6) is -1.02. The number of aliphatic hydroxyl groups is 1. The minimum absolute atomic E-state index is 0.0969. The number of hydrogen-bond acceptors (Lipinski definition) is 3. The molecule has 1 N–H and O–H groups in total. The molecule has 1 heterocycles. The van der Waals surface area contributed by atoms with E-state index in [9.17, 15) is 22.7 Å². The maximum absolute atomic E-state index is 12.9. The highest BCUT2D eigenvalue weighted by atomic mass is 19.4. The van der Waals surface area contributed by atoms with Gasteiger partial charge in [0.25, 0.3) is 0 Å². The van der Waals surface area contributed by atoms with E-state index < -0.39 is 29.2 Å². The van der Waals surface area contributed by atoms with Crippen LogP contribution < -0.4 is 0 Å². The molecule has 19 heavy (non-hydrogen) atoms. The summed E-state index contributed by atoms with van der Waals surface area (Å²) in [7, 11) is 0. The molecule has 0 spiro atoms. The third kappa shape index (κ3) is 2.87. The van der Waals surface area contributed by atoms with E-state index in [2.05, 4.69) is 9.97 Å². The molecule has 0 saturated carbocycles. The zero-order valence-electron chi connectivity index (χ0n) is 9.39. The van der Waals surface area contributed by atoms with E-state index >= 15 is 0 Å². The van der Waals surface area contributed by atoms with Crippen LogP contribution in [0.5, 0.6) is 0 Å². The molecular weight excluding hydrogens is 264 g/mol. The van der Waals surface area contributed by atoms with Gasteiger partial charge in [0.1, 0.15) is 18.2 Å². The Hall–Kier alpha value is -2.02. The number of halogens is 4. The summed E-state index contributed by atoms with van der Waals surface area (Å²) in [6.07, 6.45) is -2.75. The Morgan fingerprint density at radius 2 is 1.74 bits per heavy atom. The summed E-state index contributed by atoms with van der Waals surface area (Å²) in [5, 5.41) is 9.92. The quantitative estimate of drug-likeness (QED) is 0.855. The van der Waals surface area contributed by atoms with Crippen LogP contribution in [0.4, 0.5) is 17.6 Å². The molecule has 3 nitrogen and oxygen atoms in total.